The van der Waals surface area contributed by atoms with Gasteiger partial charge in [-0.1, -0.05) is 24.4 Å². The highest BCUT2D eigenvalue weighted by molar-refractivity contribution is 6.32. The number of ether oxygens (including phenoxy) is 1. The molecular weight excluding hydrogens is 331 g/mol. The number of nitrogens with one attached hydrogen (secondary N) is 1. The molecule has 0 spiro atoms. The van der Waals surface area contributed by atoms with Crippen molar-refractivity contribution in [1.82, 2.24) is 5.32 Å². The van der Waals surface area contributed by atoms with Gasteiger partial charge in [0.2, 0.25) is 0 Å². The molecule has 0 unspecified atom stereocenters. The van der Waals surface area contributed by atoms with Crippen molar-refractivity contribution in [1.29, 1.82) is 0 Å². The molecule has 1 aliphatic heterocycles. The van der Waals surface area contributed by atoms with Crippen molar-refractivity contribution in [2.24, 2.45) is 0 Å². The van der Waals surface area contributed by atoms with Gasteiger partial charge in [0.05, 0.1) is 11.6 Å². The molecule has 0 bridgehead atoms. The summed E-state index contributed by atoms with van der Waals surface area (Å²) >= 11 is 6.25. The Morgan fingerprint density at radius 3 is 2.83 bits per heavy atom. The van der Waals surface area contributed by atoms with Gasteiger partial charge in [0.1, 0.15) is 6.61 Å². The van der Waals surface area contributed by atoms with Crippen LogP contribution >= 0.6 is 11.6 Å². The highest BCUT2D eigenvalue weighted by atomic mass is 35.5. The van der Waals surface area contributed by atoms with Crippen LogP contribution in [0.5, 0.6) is 5.75 Å². The minimum atomic E-state index is -0.477. The van der Waals surface area contributed by atoms with Crippen molar-refractivity contribution in [2.45, 2.75) is 57.2 Å². The molecule has 1 saturated carbocycles. The van der Waals surface area contributed by atoms with Crippen molar-refractivity contribution < 1.29 is 14.2 Å². The number of nitrogens with zero attached hydrogens (tertiary/aromatic N) is 1. The van der Waals surface area contributed by atoms with Crippen molar-refractivity contribution >= 4 is 17.3 Å². The fourth-order valence-corrected chi connectivity index (χ4v) is 4.28. The topological polar surface area (TPSA) is 44.7 Å². The van der Waals surface area contributed by atoms with Crippen molar-refractivity contribution in [3.63, 3.8) is 0 Å². The normalized spacial score (nSPS) is 26.1. The third kappa shape index (κ3) is 3.63. The van der Waals surface area contributed by atoms with Crippen LogP contribution in [0.25, 0.3) is 0 Å². The minimum absolute atomic E-state index is 0.0176. The number of halogens is 2. The summed E-state index contributed by atoms with van der Waals surface area (Å²) in [7, 11) is 0. The summed E-state index contributed by atoms with van der Waals surface area (Å²) in [6.45, 7) is 5.03. The summed E-state index contributed by atoms with van der Waals surface area (Å²) in [4.78, 5) is 2.30. The zero-order valence-corrected chi connectivity index (χ0v) is 15.1. The van der Waals surface area contributed by atoms with E-state index in [9.17, 15) is 4.39 Å². The van der Waals surface area contributed by atoms with Crippen molar-refractivity contribution in [2.75, 3.05) is 24.7 Å². The van der Waals surface area contributed by atoms with Gasteiger partial charge in [-0.25, -0.2) is 4.39 Å². The van der Waals surface area contributed by atoms with Crippen molar-refractivity contribution in [3.05, 3.63) is 23.0 Å². The molecule has 134 valence electrons. The van der Waals surface area contributed by atoms with Crippen LogP contribution in [0.4, 0.5) is 10.1 Å². The molecule has 4 nitrogen and oxygen atoms in total. The van der Waals surface area contributed by atoms with Crippen LogP contribution in [0.1, 0.15) is 39.5 Å². The summed E-state index contributed by atoms with van der Waals surface area (Å²) in [5.74, 6) is -0.460. The molecule has 0 radical (unpaired) electrons. The fraction of sp³-hybridized carbons (Fsp3) is 0.667. The van der Waals surface area contributed by atoms with Crippen LogP contribution in [0.2, 0.25) is 5.02 Å². The maximum atomic E-state index is 14.5. The maximum Gasteiger partial charge on any atom is 0.173 e. The quantitative estimate of drug-likeness (QED) is 0.868. The first-order chi connectivity index (χ1) is 11.4. The summed E-state index contributed by atoms with van der Waals surface area (Å²) in [5.41, 5.74) is 0.772. The lowest BCUT2D eigenvalue weighted by Crippen LogP contribution is -2.67. The fourth-order valence-electron chi connectivity index (χ4n) is 4.02. The van der Waals surface area contributed by atoms with E-state index in [1.165, 1.54) is 18.9 Å². The smallest absolute Gasteiger partial charge is 0.173 e. The molecule has 24 heavy (non-hydrogen) atoms. The number of anilines is 1. The number of hydrogen-bond acceptors (Lipinski definition) is 4. The van der Waals surface area contributed by atoms with E-state index in [1.54, 1.807) is 6.07 Å². The van der Waals surface area contributed by atoms with E-state index in [2.05, 4.69) is 24.1 Å². The summed E-state index contributed by atoms with van der Waals surface area (Å²) in [6.07, 6.45) is 4.70. The average Bonchev–Trinajstić information content (AvgIpc) is 2.52. The lowest BCUT2D eigenvalue weighted by molar-refractivity contribution is 0.195. The third-order valence-electron chi connectivity index (χ3n) is 4.92. The number of aliphatic hydroxyl groups is 1. The molecule has 1 saturated heterocycles. The van der Waals surface area contributed by atoms with E-state index in [0.717, 1.165) is 25.1 Å². The van der Waals surface area contributed by atoms with Gasteiger partial charge in [-0.3, -0.25) is 0 Å². The molecular formula is C18H26ClFN2O2. The first-order valence-corrected chi connectivity index (χ1v) is 9.06. The molecule has 2 atom stereocenters. The van der Waals surface area contributed by atoms with Gasteiger partial charge in [0.15, 0.2) is 11.6 Å². The molecule has 2 fully saturated rings. The van der Waals surface area contributed by atoms with E-state index < -0.39 is 5.82 Å². The van der Waals surface area contributed by atoms with Gasteiger partial charge >= 0.3 is 0 Å². The van der Waals surface area contributed by atoms with Gasteiger partial charge in [0, 0.05) is 35.9 Å². The number of hydrogen-bond donors (Lipinski definition) is 2. The van der Waals surface area contributed by atoms with Gasteiger partial charge < -0.3 is 20.1 Å². The number of aliphatic hydroxyl groups excluding tert-OH is 1. The van der Waals surface area contributed by atoms with Gasteiger partial charge in [-0.2, -0.15) is 0 Å². The Morgan fingerprint density at radius 2 is 2.12 bits per heavy atom. The highest BCUT2D eigenvalue weighted by Crippen LogP contribution is 2.38. The summed E-state index contributed by atoms with van der Waals surface area (Å²) in [5, 5.41) is 12.8. The SMILES string of the molecule is CC1(C)CN(c2cc(F)c(OCCO)c(Cl)c2)[C@@H]2CCCC[C@H]2N1. The Morgan fingerprint density at radius 1 is 1.38 bits per heavy atom. The zero-order chi connectivity index (χ0) is 17.3. The lowest BCUT2D eigenvalue weighted by Gasteiger charge is -2.52. The van der Waals surface area contributed by atoms with E-state index in [1.807, 2.05) is 0 Å². The standard InChI is InChI=1S/C18H26ClFN2O2/c1-18(2)11-22(16-6-4-3-5-15(16)21-18)12-9-13(19)17(14(20)10-12)24-8-7-23/h9-10,15-16,21,23H,3-8,11H2,1-2H3/t15-,16-/m1/s1. The molecule has 1 aromatic carbocycles. The van der Waals surface area contributed by atoms with E-state index in [4.69, 9.17) is 21.4 Å². The second-order valence-electron chi connectivity index (χ2n) is 7.43. The van der Waals surface area contributed by atoms with E-state index in [-0.39, 0.29) is 29.5 Å². The van der Waals surface area contributed by atoms with Gasteiger partial charge in [-0.15, -0.1) is 0 Å². The molecule has 0 amide bonds. The van der Waals surface area contributed by atoms with Gasteiger partial charge in [-0.05, 0) is 32.8 Å². The first-order valence-electron chi connectivity index (χ1n) is 8.68. The minimum Gasteiger partial charge on any atom is -0.487 e. The predicted molar refractivity (Wildman–Crippen MR) is 94.6 cm³/mol. The maximum absolute atomic E-state index is 14.5. The molecule has 1 aromatic rings. The lowest BCUT2D eigenvalue weighted by atomic mass is 9.83. The number of fused-ring (bicyclic) bond motifs is 1. The van der Waals surface area contributed by atoms with Crippen LogP contribution in [0.3, 0.4) is 0 Å². The number of benzene rings is 1. The van der Waals surface area contributed by atoms with Crippen LogP contribution < -0.4 is 15.0 Å². The Hall–Kier alpha value is -1.04. The van der Waals surface area contributed by atoms with Crippen LogP contribution in [-0.4, -0.2) is 42.5 Å². The number of rotatable bonds is 4. The predicted octanol–water partition coefficient (Wildman–Crippen LogP) is 3.35. The van der Waals surface area contributed by atoms with E-state index >= 15 is 0 Å². The largest absolute Gasteiger partial charge is 0.487 e. The third-order valence-corrected chi connectivity index (χ3v) is 5.20. The van der Waals surface area contributed by atoms with Crippen LogP contribution in [0, 0.1) is 5.82 Å². The summed E-state index contributed by atoms with van der Waals surface area (Å²) in [6, 6.07) is 4.08. The Bertz CT molecular complexity index is 573. The van der Waals surface area contributed by atoms with Crippen molar-refractivity contribution in [3.8, 4) is 5.75 Å². The van der Waals surface area contributed by atoms with Crippen LogP contribution in [-0.2, 0) is 0 Å². The molecule has 1 heterocycles. The average molecular weight is 357 g/mol. The highest BCUT2D eigenvalue weighted by Gasteiger charge is 2.40. The zero-order valence-electron chi connectivity index (χ0n) is 14.3. The van der Waals surface area contributed by atoms with Gasteiger partial charge in [0.25, 0.3) is 0 Å². The van der Waals surface area contributed by atoms with Crippen LogP contribution in [0.15, 0.2) is 12.1 Å². The molecule has 1 aliphatic carbocycles. The number of piperazine rings is 1. The molecule has 2 aliphatic rings. The monoisotopic (exact) mass is 356 g/mol. The van der Waals surface area contributed by atoms with E-state index in [0.29, 0.717) is 12.1 Å². The second-order valence-corrected chi connectivity index (χ2v) is 7.83. The molecule has 2 N–H and O–H groups in total. The molecule has 3 rings (SSSR count). The summed E-state index contributed by atoms with van der Waals surface area (Å²) < 4.78 is 19.7. The molecule has 6 heteroatoms. The second kappa shape index (κ2) is 7.06. The Kier molecular flexibility index (Phi) is 5.23. The first kappa shape index (κ1) is 17.8. The molecule has 0 aromatic heterocycles. The Balaban J connectivity index is 1.91. The Labute approximate surface area is 147 Å².